The van der Waals surface area contributed by atoms with E-state index in [0.29, 0.717) is 0 Å². The van der Waals surface area contributed by atoms with E-state index in [1.54, 1.807) is 5.57 Å². The quantitative estimate of drug-likeness (QED) is 0.757. The molecule has 1 aromatic carbocycles. The summed E-state index contributed by atoms with van der Waals surface area (Å²) in [7, 11) is 0. The second kappa shape index (κ2) is 5.86. The SMILES string of the molecule is OC(CC=C1CCCCC1)c1ccccc1. The monoisotopic (exact) mass is 216 g/mol. The van der Waals surface area contributed by atoms with Gasteiger partial charge in [-0.15, -0.1) is 0 Å². The molecular weight excluding hydrogens is 196 g/mol. The zero-order chi connectivity index (χ0) is 11.2. The minimum Gasteiger partial charge on any atom is -0.388 e. The highest BCUT2D eigenvalue weighted by Crippen LogP contribution is 2.25. The van der Waals surface area contributed by atoms with E-state index in [4.69, 9.17) is 0 Å². The van der Waals surface area contributed by atoms with Gasteiger partial charge in [0.1, 0.15) is 0 Å². The number of rotatable bonds is 3. The third-order valence-electron chi connectivity index (χ3n) is 3.31. The number of benzene rings is 1. The van der Waals surface area contributed by atoms with Crippen molar-refractivity contribution in [2.75, 3.05) is 0 Å². The van der Waals surface area contributed by atoms with Crippen molar-refractivity contribution in [3.05, 3.63) is 47.5 Å². The first-order valence-corrected chi connectivity index (χ1v) is 6.27. The minimum absolute atomic E-state index is 0.337. The lowest BCUT2D eigenvalue weighted by Gasteiger charge is -2.15. The average molecular weight is 216 g/mol. The lowest BCUT2D eigenvalue weighted by Crippen LogP contribution is -1.98. The topological polar surface area (TPSA) is 20.2 Å². The Morgan fingerprint density at radius 3 is 2.44 bits per heavy atom. The van der Waals surface area contributed by atoms with E-state index in [1.165, 1.54) is 32.1 Å². The van der Waals surface area contributed by atoms with Crippen LogP contribution in [0.1, 0.15) is 50.2 Å². The van der Waals surface area contributed by atoms with Gasteiger partial charge in [0, 0.05) is 0 Å². The molecule has 1 heteroatoms. The second-order valence-electron chi connectivity index (χ2n) is 4.59. The molecule has 0 heterocycles. The maximum Gasteiger partial charge on any atom is 0.0824 e. The first kappa shape index (κ1) is 11.4. The number of allylic oxidation sites excluding steroid dienone is 1. The zero-order valence-corrected chi connectivity index (χ0v) is 9.73. The number of aliphatic hydroxyl groups is 1. The predicted molar refractivity (Wildman–Crippen MR) is 67.2 cm³/mol. The van der Waals surface area contributed by atoms with Crippen molar-refractivity contribution in [3.63, 3.8) is 0 Å². The lowest BCUT2D eigenvalue weighted by atomic mass is 9.93. The highest BCUT2D eigenvalue weighted by Gasteiger charge is 2.08. The molecule has 0 radical (unpaired) electrons. The summed E-state index contributed by atoms with van der Waals surface area (Å²) >= 11 is 0. The van der Waals surface area contributed by atoms with Crippen LogP contribution in [0.3, 0.4) is 0 Å². The largest absolute Gasteiger partial charge is 0.388 e. The van der Waals surface area contributed by atoms with Crippen molar-refractivity contribution in [3.8, 4) is 0 Å². The zero-order valence-electron chi connectivity index (χ0n) is 9.73. The summed E-state index contributed by atoms with van der Waals surface area (Å²) in [4.78, 5) is 0. The van der Waals surface area contributed by atoms with Gasteiger partial charge in [0.25, 0.3) is 0 Å². The highest BCUT2D eigenvalue weighted by molar-refractivity contribution is 5.18. The molecule has 0 bridgehead atoms. The molecule has 0 spiro atoms. The number of aliphatic hydroxyl groups excluding tert-OH is 1. The van der Waals surface area contributed by atoms with Crippen LogP contribution in [0.15, 0.2) is 42.0 Å². The summed E-state index contributed by atoms with van der Waals surface area (Å²) in [5.41, 5.74) is 2.57. The number of hydrogen-bond donors (Lipinski definition) is 1. The third kappa shape index (κ3) is 3.21. The molecule has 16 heavy (non-hydrogen) atoms. The van der Waals surface area contributed by atoms with Gasteiger partial charge in [-0.2, -0.15) is 0 Å². The maximum absolute atomic E-state index is 10.0. The maximum atomic E-state index is 10.0. The molecular formula is C15H20O. The average Bonchev–Trinajstić information content (AvgIpc) is 2.38. The molecule has 1 aliphatic carbocycles. The Balaban J connectivity index is 1.90. The van der Waals surface area contributed by atoms with Crippen molar-refractivity contribution in [2.24, 2.45) is 0 Å². The van der Waals surface area contributed by atoms with Crippen LogP contribution in [0.5, 0.6) is 0 Å². The van der Waals surface area contributed by atoms with Crippen LogP contribution in [0.4, 0.5) is 0 Å². The van der Waals surface area contributed by atoms with Crippen LogP contribution in [-0.2, 0) is 0 Å². The Labute approximate surface area is 97.8 Å². The van der Waals surface area contributed by atoms with E-state index >= 15 is 0 Å². The van der Waals surface area contributed by atoms with Gasteiger partial charge in [-0.05, 0) is 37.7 Å². The Hall–Kier alpha value is -1.08. The fourth-order valence-electron chi connectivity index (χ4n) is 2.30. The van der Waals surface area contributed by atoms with Crippen molar-refractivity contribution in [1.82, 2.24) is 0 Å². The standard InChI is InChI=1S/C15H20O/c16-15(14-9-5-2-6-10-14)12-11-13-7-3-1-4-8-13/h2,5-6,9-11,15-16H,1,3-4,7-8,12H2. The van der Waals surface area contributed by atoms with Gasteiger partial charge in [0.2, 0.25) is 0 Å². The molecule has 1 nitrogen and oxygen atoms in total. The van der Waals surface area contributed by atoms with Gasteiger partial charge >= 0.3 is 0 Å². The fourth-order valence-corrected chi connectivity index (χ4v) is 2.30. The normalized spacial score (nSPS) is 18.2. The molecule has 1 aliphatic rings. The van der Waals surface area contributed by atoms with Gasteiger partial charge in [-0.3, -0.25) is 0 Å². The van der Waals surface area contributed by atoms with Gasteiger partial charge in [-0.25, -0.2) is 0 Å². The summed E-state index contributed by atoms with van der Waals surface area (Å²) in [5, 5.41) is 10.0. The van der Waals surface area contributed by atoms with Crippen LogP contribution >= 0.6 is 0 Å². The van der Waals surface area contributed by atoms with Crippen LogP contribution in [0, 0.1) is 0 Å². The summed E-state index contributed by atoms with van der Waals surface area (Å²) in [5.74, 6) is 0. The molecule has 1 N–H and O–H groups in total. The van der Waals surface area contributed by atoms with Gasteiger partial charge in [0.15, 0.2) is 0 Å². The minimum atomic E-state index is -0.337. The molecule has 86 valence electrons. The molecule has 0 amide bonds. The van der Waals surface area contributed by atoms with Crippen molar-refractivity contribution >= 4 is 0 Å². The second-order valence-corrected chi connectivity index (χ2v) is 4.59. The molecule has 1 fully saturated rings. The smallest absolute Gasteiger partial charge is 0.0824 e. The molecule has 0 aliphatic heterocycles. The lowest BCUT2D eigenvalue weighted by molar-refractivity contribution is 0.181. The van der Waals surface area contributed by atoms with Crippen molar-refractivity contribution in [1.29, 1.82) is 0 Å². The first-order valence-electron chi connectivity index (χ1n) is 6.27. The number of hydrogen-bond acceptors (Lipinski definition) is 1. The van der Waals surface area contributed by atoms with E-state index in [9.17, 15) is 5.11 Å². The molecule has 1 saturated carbocycles. The van der Waals surface area contributed by atoms with Crippen LogP contribution in [0.2, 0.25) is 0 Å². The molecule has 1 unspecified atom stereocenters. The predicted octanol–water partition coefficient (Wildman–Crippen LogP) is 4.00. The van der Waals surface area contributed by atoms with Gasteiger partial charge in [-0.1, -0.05) is 48.4 Å². The van der Waals surface area contributed by atoms with Gasteiger partial charge < -0.3 is 5.11 Å². The van der Waals surface area contributed by atoms with Gasteiger partial charge in [0.05, 0.1) is 6.10 Å². The Morgan fingerprint density at radius 2 is 1.75 bits per heavy atom. The summed E-state index contributed by atoms with van der Waals surface area (Å²) < 4.78 is 0. The molecule has 0 saturated heterocycles. The van der Waals surface area contributed by atoms with Crippen LogP contribution in [0.25, 0.3) is 0 Å². The van der Waals surface area contributed by atoms with Crippen LogP contribution < -0.4 is 0 Å². The van der Waals surface area contributed by atoms with E-state index < -0.39 is 0 Å². The van der Waals surface area contributed by atoms with Crippen molar-refractivity contribution in [2.45, 2.75) is 44.6 Å². The Kier molecular flexibility index (Phi) is 4.17. The Morgan fingerprint density at radius 1 is 1.06 bits per heavy atom. The Bertz CT molecular complexity index is 332. The highest BCUT2D eigenvalue weighted by atomic mass is 16.3. The molecule has 2 rings (SSSR count). The molecule has 0 aromatic heterocycles. The van der Waals surface area contributed by atoms with E-state index in [-0.39, 0.29) is 6.10 Å². The third-order valence-corrected chi connectivity index (χ3v) is 3.31. The van der Waals surface area contributed by atoms with Crippen molar-refractivity contribution < 1.29 is 5.11 Å². The van der Waals surface area contributed by atoms with Crippen LogP contribution in [-0.4, -0.2) is 5.11 Å². The summed E-state index contributed by atoms with van der Waals surface area (Å²) in [6.45, 7) is 0. The molecule has 1 atom stereocenters. The van der Waals surface area contributed by atoms with E-state index in [0.717, 1.165) is 12.0 Å². The summed E-state index contributed by atoms with van der Waals surface area (Å²) in [6, 6.07) is 9.92. The first-order chi connectivity index (χ1) is 7.86. The van der Waals surface area contributed by atoms with E-state index in [1.807, 2.05) is 30.3 Å². The fraction of sp³-hybridized carbons (Fsp3) is 0.467. The molecule has 1 aromatic rings. The van der Waals surface area contributed by atoms with E-state index in [2.05, 4.69) is 6.08 Å². The summed E-state index contributed by atoms with van der Waals surface area (Å²) in [6.07, 6.45) is 9.17.